The number of nitrogens with zero attached hydrogens (tertiary/aromatic N) is 1. The third-order valence-electron chi connectivity index (χ3n) is 4.04. The average molecular weight is 349 g/mol. The molecule has 1 aromatic carbocycles. The molecule has 1 atom stereocenters. The molecule has 1 N–H and O–H groups in total. The molecule has 6 heteroatoms. The summed E-state index contributed by atoms with van der Waals surface area (Å²) in [4.78, 5) is 24.8. The van der Waals surface area contributed by atoms with Crippen molar-refractivity contribution in [2.24, 2.45) is 0 Å². The number of amides is 1. The quantitative estimate of drug-likeness (QED) is 0.730. The predicted molar refractivity (Wildman–Crippen MR) is 93.6 cm³/mol. The third kappa shape index (κ3) is 6.74. The molecule has 1 amide bonds. The van der Waals surface area contributed by atoms with Crippen molar-refractivity contribution < 1.29 is 24.2 Å². The van der Waals surface area contributed by atoms with Gasteiger partial charge < -0.3 is 19.5 Å². The maximum Gasteiger partial charge on any atom is 0.303 e. The molecule has 2 rings (SSSR count). The van der Waals surface area contributed by atoms with Crippen molar-refractivity contribution in [1.82, 2.24) is 4.90 Å². The maximum absolute atomic E-state index is 12.4. The number of benzene rings is 1. The first-order chi connectivity index (χ1) is 11.9. The first kappa shape index (κ1) is 19.2. The summed E-state index contributed by atoms with van der Waals surface area (Å²) in [5.41, 5.74) is -0.431. The summed E-state index contributed by atoms with van der Waals surface area (Å²) in [6, 6.07) is 9.53. The van der Waals surface area contributed by atoms with E-state index in [1.165, 1.54) is 0 Å². The molecule has 6 nitrogen and oxygen atoms in total. The van der Waals surface area contributed by atoms with E-state index in [0.29, 0.717) is 39.0 Å². The van der Waals surface area contributed by atoms with Gasteiger partial charge >= 0.3 is 5.97 Å². The van der Waals surface area contributed by atoms with Crippen LogP contribution in [0.1, 0.15) is 39.5 Å². The molecule has 0 spiro atoms. The van der Waals surface area contributed by atoms with Gasteiger partial charge in [-0.1, -0.05) is 18.2 Å². The summed E-state index contributed by atoms with van der Waals surface area (Å²) in [5.74, 6) is 0.00517. The molecule has 1 aliphatic rings. The number of morpholine rings is 1. The van der Waals surface area contributed by atoms with E-state index < -0.39 is 11.6 Å². The molecule has 0 aliphatic carbocycles. The zero-order valence-electron chi connectivity index (χ0n) is 14.9. The lowest BCUT2D eigenvalue weighted by molar-refractivity contribution is -0.165. The van der Waals surface area contributed by atoms with Crippen LogP contribution in [-0.4, -0.2) is 53.3 Å². The lowest BCUT2D eigenvalue weighted by Crippen LogP contribution is -2.56. The number of unbranched alkanes of at least 4 members (excludes halogenated alkanes) is 1. The summed E-state index contributed by atoms with van der Waals surface area (Å²) >= 11 is 0. The summed E-state index contributed by atoms with van der Waals surface area (Å²) in [7, 11) is 0. The van der Waals surface area contributed by atoms with E-state index in [0.717, 1.165) is 5.75 Å². The van der Waals surface area contributed by atoms with Gasteiger partial charge in [-0.25, -0.2) is 0 Å². The Morgan fingerprint density at radius 3 is 2.60 bits per heavy atom. The number of carboxylic acids is 1. The number of para-hydroxylation sites is 1. The smallest absolute Gasteiger partial charge is 0.303 e. The van der Waals surface area contributed by atoms with Crippen molar-refractivity contribution in [3.05, 3.63) is 30.3 Å². The first-order valence-corrected chi connectivity index (χ1v) is 8.71. The highest BCUT2D eigenvalue weighted by Gasteiger charge is 2.35. The number of hydrogen-bond acceptors (Lipinski definition) is 4. The average Bonchev–Trinajstić information content (AvgIpc) is 2.56. The van der Waals surface area contributed by atoms with Crippen LogP contribution in [0.2, 0.25) is 0 Å². The Kier molecular flexibility index (Phi) is 6.82. The van der Waals surface area contributed by atoms with Crippen LogP contribution >= 0.6 is 0 Å². The number of hydrogen-bond donors (Lipinski definition) is 1. The van der Waals surface area contributed by atoms with Gasteiger partial charge in [0.2, 0.25) is 5.91 Å². The number of rotatable bonds is 8. The monoisotopic (exact) mass is 349 g/mol. The SMILES string of the molecule is CC1(C)CN(C(=O)CCCCC(=O)O)CC(COc2ccccc2)O1. The normalized spacial score (nSPS) is 19.4. The molecule has 1 fully saturated rings. The Morgan fingerprint density at radius 1 is 1.24 bits per heavy atom. The number of carbonyl (C=O) groups is 2. The van der Waals surface area contributed by atoms with E-state index in [1.807, 2.05) is 49.1 Å². The number of ether oxygens (including phenoxy) is 2. The summed E-state index contributed by atoms with van der Waals surface area (Å²) in [6.45, 7) is 5.34. The van der Waals surface area contributed by atoms with Gasteiger partial charge in [0.05, 0.1) is 12.1 Å². The Balaban J connectivity index is 1.84. The van der Waals surface area contributed by atoms with E-state index in [2.05, 4.69) is 0 Å². The molecular formula is C19H27NO5. The molecule has 25 heavy (non-hydrogen) atoms. The lowest BCUT2D eigenvalue weighted by atomic mass is 10.0. The van der Waals surface area contributed by atoms with E-state index in [-0.39, 0.29) is 18.4 Å². The molecule has 0 radical (unpaired) electrons. The molecule has 0 saturated carbocycles. The second kappa shape index (κ2) is 8.85. The van der Waals surface area contributed by atoms with Crippen molar-refractivity contribution in [1.29, 1.82) is 0 Å². The molecule has 0 aromatic heterocycles. The van der Waals surface area contributed by atoms with Gasteiger partial charge in [-0.3, -0.25) is 9.59 Å². The van der Waals surface area contributed by atoms with Crippen LogP contribution in [0.15, 0.2) is 30.3 Å². The van der Waals surface area contributed by atoms with Gasteiger partial charge in [0.25, 0.3) is 0 Å². The molecule has 138 valence electrons. The van der Waals surface area contributed by atoms with Crippen LogP contribution in [0.25, 0.3) is 0 Å². The van der Waals surface area contributed by atoms with Crippen LogP contribution in [0.4, 0.5) is 0 Å². The van der Waals surface area contributed by atoms with Crippen molar-refractivity contribution in [3.63, 3.8) is 0 Å². The Morgan fingerprint density at radius 2 is 1.92 bits per heavy atom. The van der Waals surface area contributed by atoms with Crippen LogP contribution in [-0.2, 0) is 14.3 Å². The van der Waals surface area contributed by atoms with Gasteiger partial charge in [0.1, 0.15) is 18.5 Å². The standard InChI is InChI=1S/C19H27NO5/c1-19(2)14-20(17(21)10-6-7-11-18(22)23)12-16(25-19)13-24-15-8-4-3-5-9-15/h3-5,8-9,16H,6-7,10-14H2,1-2H3,(H,22,23). The van der Waals surface area contributed by atoms with E-state index in [4.69, 9.17) is 14.6 Å². The maximum atomic E-state index is 12.4. The molecule has 1 unspecified atom stereocenters. The van der Waals surface area contributed by atoms with E-state index in [9.17, 15) is 9.59 Å². The summed E-state index contributed by atoms with van der Waals surface area (Å²) in [6.07, 6.45) is 1.40. The van der Waals surface area contributed by atoms with Crippen LogP contribution in [0, 0.1) is 0 Å². The van der Waals surface area contributed by atoms with Crippen LogP contribution in [0.3, 0.4) is 0 Å². The minimum Gasteiger partial charge on any atom is -0.491 e. The number of carbonyl (C=O) groups excluding carboxylic acids is 1. The summed E-state index contributed by atoms with van der Waals surface area (Å²) in [5, 5.41) is 8.66. The van der Waals surface area contributed by atoms with E-state index in [1.54, 1.807) is 0 Å². The largest absolute Gasteiger partial charge is 0.491 e. The highest BCUT2D eigenvalue weighted by molar-refractivity contribution is 5.76. The van der Waals surface area contributed by atoms with Crippen molar-refractivity contribution in [2.75, 3.05) is 19.7 Å². The zero-order valence-corrected chi connectivity index (χ0v) is 14.9. The van der Waals surface area contributed by atoms with Crippen molar-refractivity contribution in [3.8, 4) is 5.75 Å². The number of carboxylic acid groups (broad SMARTS) is 1. The van der Waals surface area contributed by atoms with E-state index >= 15 is 0 Å². The van der Waals surface area contributed by atoms with Crippen molar-refractivity contribution in [2.45, 2.75) is 51.2 Å². The second-order valence-corrected chi connectivity index (χ2v) is 7.00. The van der Waals surface area contributed by atoms with Gasteiger partial charge in [0, 0.05) is 19.4 Å². The number of aliphatic carboxylic acids is 1. The molecule has 1 saturated heterocycles. The Labute approximate surface area is 148 Å². The van der Waals surface area contributed by atoms with Gasteiger partial charge in [-0.2, -0.15) is 0 Å². The molecule has 0 bridgehead atoms. The second-order valence-electron chi connectivity index (χ2n) is 7.00. The molecule has 1 aliphatic heterocycles. The Hall–Kier alpha value is -2.08. The zero-order chi connectivity index (χ0) is 18.3. The van der Waals surface area contributed by atoms with Crippen molar-refractivity contribution >= 4 is 11.9 Å². The fraction of sp³-hybridized carbons (Fsp3) is 0.579. The minimum atomic E-state index is -0.821. The van der Waals surface area contributed by atoms with Crippen LogP contribution in [0.5, 0.6) is 5.75 Å². The molecular weight excluding hydrogens is 322 g/mol. The molecule has 1 aromatic rings. The predicted octanol–water partition coefficient (Wildman–Crippen LogP) is 2.72. The summed E-state index contributed by atoms with van der Waals surface area (Å²) < 4.78 is 11.8. The third-order valence-corrected chi connectivity index (χ3v) is 4.04. The van der Waals surface area contributed by atoms with Crippen LogP contribution < -0.4 is 4.74 Å². The minimum absolute atomic E-state index is 0.0477. The lowest BCUT2D eigenvalue weighted by Gasteiger charge is -2.42. The van der Waals surface area contributed by atoms with Gasteiger partial charge in [-0.15, -0.1) is 0 Å². The first-order valence-electron chi connectivity index (χ1n) is 8.71. The Bertz CT molecular complexity index is 572. The fourth-order valence-electron chi connectivity index (χ4n) is 2.99. The highest BCUT2D eigenvalue weighted by Crippen LogP contribution is 2.23. The topological polar surface area (TPSA) is 76.1 Å². The van der Waals surface area contributed by atoms with Gasteiger partial charge in [-0.05, 0) is 38.8 Å². The fourth-order valence-corrected chi connectivity index (χ4v) is 2.99. The van der Waals surface area contributed by atoms with Gasteiger partial charge in [0.15, 0.2) is 0 Å². The highest BCUT2D eigenvalue weighted by atomic mass is 16.5. The molecule has 1 heterocycles.